The third-order valence-corrected chi connectivity index (χ3v) is 4.12. The molecule has 5 heteroatoms. The van der Waals surface area contributed by atoms with Crippen molar-refractivity contribution >= 4 is 16.8 Å². The number of H-pyrrole nitrogens is 1. The zero-order chi connectivity index (χ0) is 17.1. The van der Waals surface area contributed by atoms with Crippen LogP contribution in [0.4, 0.5) is 4.39 Å². The van der Waals surface area contributed by atoms with E-state index in [1.54, 1.807) is 12.3 Å². The zero-order valence-electron chi connectivity index (χ0n) is 13.3. The van der Waals surface area contributed by atoms with Gasteiger partial charge in [-0.1, -0.05) is 24.3 Å². The lowest BCUT2D eigenvalue weighted by Gasteiger charge is -2.14. The topological polar surface area (TPSA) is 65.1 Å². The largest absolute Gasteiger partial charge is 0.387 e. The third kappa shape index (κ3) is 3.46. The Kier molecular flexibility index (Phi) is 4.62. The van der Waals surface area contributed by atoms with Crippen molar-refractivity contribution in [1.29, 1.82) is 0 Å². The molecule has 0 bridgehead atoms. The highest BCUT2D eigenvalue weighted by atomic mass is 19.1. The first-order valence-corrected chi connectivity index (χ1v) is 7.80. The molecule has 1 heterocycles. The van der Waals surface area contributed by atoms with Crippen LogP contribution in [0, 0.1) is 12.7 Å². The number of fused-ring (bicyclic) bond motifs is 1. The molecular formula is C19H19FN2O2. The number of aryl methyl sites for hydroxylation is 1. The molecule has 1 amide bonds. The van der Waals surface area contributed by atoms with Crippen molar-refractivity contribution in [3.8, 4) is 0 Å². The monoisotopic (exact) mass is 326 g/mol. The molecule has 3 N–H and O–H groups in total. The number of benzene rings is 2. The van der Waals surface area contributed by atoms with E-state index in [9.17, 15) is 14.3 Å². The number of aliphatic hydroxyl groups excluding tert-OH is 1. The number of carbonyl (C=O) groups excluding carboxylic acids is 1. The van der Waals surface area contributed by atoms with Crippen molar-refractivity contribution in [3.05, 3.63) is 71.2 Å². The number of amides is 1. The van der Waals surface area contributed by atoms with Crippen LogP contribution in [0.2, 0.25) is 0 Å². The molecule has 0 aliphatic rings. The van der Waals surface area contributed by atoms with Crippen molar-refractivity contribution in [3.63, 3.8) is 0 Å². The molecule has 24 heavy (non-hydrogen) atoms. The molecule has 0 saturated heterocycles. The second-order valence-corrected chi connectivity index (χ2v) is 5.86. The number of aromatic amines is 1. The summed E-state index contributed by atoms with van der Waals surface area (Å²) in [5.41, 5.74) is 3.25. The molecule has 1 atom stereocenters. The molecule has 4 nitrogen and oxygen atoms in total. The molecule has 0 saturated carbocycles. The van der Waals surface area contributed by atoms with E-state index in [0.29, 0.717) is 5.52 Å². The van der Waals surface area contributed by atoms with Gasteiger partial charge in [0.05, 0.1) is 12.5 Å². The lowest BCUT2D eigenvalue weighted by molar-refractivity contribution is -0.120. The minimum atomic E-state index is -0.743. The fraction of sp³-hybridized carbons (Fsp3) is 0.211. The van der Waals surface area contributed by atoms with Crippen LogP contribution in [0.3, 0.4) is 0 Å². The molecule has 3 rings (SSSR count). The Hall–Kier alpha value is -2.66. The molecule has 124 valence electrons. The summed E-state index contributed by atoms with van der Waals surface area (Å²) in [5, 5.41) is 13.8. The second-order valence-electron chi connectivity index (χ2n) is 5.86. The van der Waals surface area contributed by atoms with Crippen LogP contribution < -0.4 is 5.32 Å². The molecule has 0 fully saturated rings. The minimum Gasteiger partial charge on any atom is -0.387 e. The van der Waals surface area contributed by atoms with Gasteiger partial charge in [-0.3, -0.25) is 4.79 Å². The standard InChI is InChI=1S/C19H19FN2O2/c1-12-4-2-3-5-15(12)18(23)11-22-19(24)8-13-10-21-17-9-14(20)6-7-16(13)17/h2-7,9-10,18,21,23H,8,11H2,1H3,(H,22,24). The van der Waals surface area contributed by atoms with Gasteiger partial charge < -0.3 is 15.4 Å². The quantitative estimate of drug-likeness (QED) is 0.675. The van der Waals surface area contributed by atoms with Gasteiger partial charge in [-0.05, 0) is 41.8 Å². The van der Waals surface area contributed by atoms with E-state index in [2.05, 4.69) is 10.3 Å². The first-order valence-electron chi connectivity index (χ1n) is 7.80. The van der Waals surface area contributed by atoms with Gasteiger partial charge in [-0.25, -0.2) is 4.39 Å². The van der Waals surface area contributed by atoms with Gasteiger partial charge in [0.25, 0.3) is 0 Å². The molecular weight excluding hydrogens is 307 g/mol. The normalized spacial score (nSPS) is 12.3. The summed E-state index contributed by atoms with van der Waals surface area (Å²) < 4.78 is 13.2. The molecule has 2 aromatic carbocycles. The van der Waals surface area contributed by atoms with Gasteiger partial charge in [0, 0.05) is 23.6 Å². The Morgan fingerprint density at radius 1 is 1.29 bits per heavy atom. The summed E-state index contributed by atoms with van der Waals surface area (Å²) in [6.45, 7) is 2.08. The number of hydrogen-bond acceptors (Lipinski definition) is 2. The van der Waals surface area contributed by atoms with Gasteiger partial charge in [-0.2, -0.15) is 0 Å². The van der Waals surface area contributed by atoms with Gasteiger partial charge in [0.2, 0.25) is 5.91 Å². The molecule has 0 spiro atoms. The smallest absolute Gasteiger partial charge is 0.224 e. The van der Waals surface area contributed by atoms with E-state index < -0.39 is 6.10 Å². The Labute approximate surface area is 139 Å². The van der Waals surface area contributed by atoms with Crippen molar-refractivity contribution in [1.82, 2.24) is 10.3 Å². The van der Waals surface area contributed by atoms with Crippen LogP contribution in [-0.4, -0.2) is 22.5 Å². The number of hydrogen-bond donors (Lipinski definition) is 3. The van der Waals surface area contributed by atoms with E-state index in [1.165, 1.54) is 12.1 Å². The fourth-order valence-electron chi connectivity index (χ4n) is 2.82. The summed E-state index contributed by atoms with van der Waals surface area (Å²) in [7, 11) is 0. The molecule has 0 radical (unpaired) electrons. The summed E-state index contributed by atoms with van der Waals surface area (Å²) in [6, 6.07) is 12.0. The van der Waals surface area contributed by atoms with E-state index in [0.717, 1.165) is 22.1 Å². The summed E-state index contributed by atoms with van der Waals surface area (Å²) in [5.74, 6) is -0.505. The Morgan fingerprint density at radius 3 is 2.88 bits per heavy atom. The van der Waals surface area contributed by atoms with E-state index in [-0.39, 0.29) is 24.7 Å². The highest BCUT2D eigenvalue weighted by molar-refractivity contribution is 5.88. The van der Waals surface area contributed by atoms with Crippen LogP contribution in [0.5, 0.6) is 0 Å². The van der Waals surface area contributed by atoms with Crippen LogP contribution in [0.15, 0.2) is 48.7 Å². The van der Waals surface area contributed by atoms with Crippen LogP contribution in [-0.2, 0) is 11.2 Å². The number of aliphatic hydroxyl groups is 1. The maximum absolute atomic E-state index is 13.2. The lowest BCUT2D eigenvalue weighted by atomic mass is 10.0. The van der Waals surface area contributed by atoms with Crippen LogP contribution in [0.1, 0.15) is 22.8 Å². The van der Waals surface area contributed by atoms with Crippen molar-refractivity contribution < 1.29 is 14.3 Å². The zero-order valence-corrected chi connectivity index (χ0v) is 13.3. The Balaban J connectivity index is 1.62. The fourth-order valence-corrected chi connectivity index (χ4v) is 2.82. The summed E-state index contributed by atoms with van der Waals surface area (Å²) >= 11 is 0. The number of rotatable bonds is 5. The highest BCUT2D eigenvalue weighted by Gasteiger charge is 2.13. The Morgan fingerprint density at radius 2 is 2.08 bits per heavy atom. The highest BCUT2D eigenvalue weighted by Crippen LogP contribution is 2.20. The average Bonchev–Trinajstić information content (AvgIpc) is 2.95. The SMILES string of the molecule is Cc1ccccc1C(O)CNC(=O)Cc1c[nH]c2cc(F)ccc12. The second kappa shape index (κ2) is 6.84. The van der Waals surface area contributed by atoms with Crippen LogP contribution >= 0.6 is 0 Å². The van der Waals surface area contributed by atoms with E-state index >= 15 is 0 Å². The number of halogens is 1. The first kappa shape index (κ1) is 16.2. The van der Waals surface area contributed by atoms with E-state index in [1.807, 2.05) is 31.2 Å². The average molecular weight is 326 g/mol. The van der Waals surface area contributed by atoms with Gasteiger partial charge in [0.15, 0.2) is 0 Å². The maximum atomic E-state index is 13.2. The molecule has 1 aromatic heterocycles. The van der Waals surface area contributed by atoms with Gasteiger partial charge >= 0.3 is 0 Å². The van der Waals surface area contributed by atoms with Crippen molar-refractivity contribution in [2.45, 2.75) is 19.4 Å². The summed E-state index contributed by atoms with van der Waals surface area (Å²) in [6.07, 6.45) is 1.14. The molecule has 3 aromatic rings. The molecule has 0 aliphatic carbocycles. The van der Waals surface area contributed by atoms with Crippen molar-refractivity contribution in [2.24, 2.45) is 0 Å². The minimum absolute atomic E-state index is 0.153. The number of aromatic nitrogens is 1. The summed E-state index contributed by atoms with van der Waals surface area (Å²) in [4.78, 5) is 15.1. The van der Waals surface area contributed by atoms with Crippen molar-refractivity contribution in [2.75, 3.05) is 6.54 Å². The van der Waals surface area contributed by atoms with Gasteiger partial charge in [0.1, 0.15) is 5.82 Å². The van der Waals surface area contributed by atoms with E-state index in [4.69, 9.17) is 0 Å². The predicted molar refractivity (Wildman–Crippen MR) is 91.1 cm³/mol. The Bertz CT molecular complexity index is 873. The van der Waals surface area contributed by atoms with Gasteiger partial charge in [-0.15, -0.1) is 0 Å². The number of nitrogens with one attached hydrogen (secondary N) is 2. The third-order valence-electron chi connectivity index (χ3n) is 4.12. The van der Waals surface area contributed by atoms with Crippen LogP contribution in [0.25, 0.3) is 10.9 Å². The lowest BCUT2D eigenvalue weighted by Crippen LogP contribution is -2.29. The predicted octanol–water partition coefficient (Wildman–Crippen LogP) is 3.01. The first-order chi connectivity index (χ1) is 11.5. The maximum Gasteiger partial charge on any atom is 0.224 e. The molecule has 1 unspecified atom stereocenters. The molecule has 0 aliphatic heterocycles. The number of carbonyl (C=O) groups is 1.